The van der Waals surface area contributed by atoms with Crippen LogP contribution in [0.25, 0.3) is 0 Å². The summed E-state index contributed by atoms with van der Waals surface area (Å²) in [5.41, 5.74) is 3.29. The second-order valence-corrected chi connectivity index (χ2v) is 5.62. The number of nitrogens with zero attached hydrogens (tertiary/aromatic N) is 2. The summed E-state index contributed by atoms with van der Waals surface area (Å²) in [5, 5.41) is 3.09. The van der Waals surface area contributed by atoms with Gasteiger partial charge in [-0.3, -0.25) is 0 Å². The van der Waals surface area contributed by atoms with Gasteiger partial charge in [0, 0.05) is 18.7 Å². The number of nitrogens with one attached hydrogen (secondary N) is 3. The Bertz CT molecular complexity index is 490. The summed E-state index contributed by atoms with van der Waals surface area (Å²) in [6.07, 6.45) is 3.19. The van der Waals surface area contributed by atoms with Crippen LogP contribution in [-0.2, 0) is 10.0 Å². The largest absolute Gasteiger partial charge is 0.370 e. The Hall–Kier alpha value is -1.45. The van der Waals surface area contributed by atoms with E-state index < -0.39 is 10.0 Å². The number of aromatic nitrogens is 2. The summed E-state index contributed by atoms with van der Waals surface area (Å²) in [4.78, 5) is 8.03. The van der Waals surface area contributed by atoms with Crippen molar-refractivity contribution in [3.05, 3.63) is 11.9 Å². The molecule has 0 aliphatic carbocycles. The lowest BCUT2D eigenvalue weighted by Gasteiger charge is -2.10. The second kappa shape index (κ2) is 6.47. The number of sulfonamides is 1. The minimum absolute atomic E-state index is 0.387. The minimum Gasteiger partial charge on any atom is -0.370 e. The van der Waals surface area contributed by atoms with Crippen molar-refractivity contribution < 1.29 is 8.42 Å². The summed E-state index contributed by atoms with van der Waals surface area (Å²) in [7, 11) is -3.12. The highest BCUT2D eigenvalue weighted by atomic mass is 32.2. The Labute approximate surface area is 106 Å². The number of rotatable bonds is 7. The molecule has 0 unspecified atom stereocenters. The SMILES string of the molecule is Cc1c(NN)ncnc1NCCCNS(C)(=O)=O. The quantitative estimate of drug-likeness (QED) is 0.298. The van der Waals surface area contributed by atoms with Crippen LogP contribution >= 0.6 is 0 Å². The first-order valence-corrected chi connectivity index (χ1v) is 7.30. The van der Waals surface area contributed by atoms with E-state index in [1.807, 2.05) is 6.92 Å². The van der Waals surface area contributed by atoms with Gasteiger partial charge < -0.3 is 10.7 Å². The molecule has 5 N–H and O–H groups in total. The molecule has 8 nitrogen and oxygen atoms in total. The smallest absolute Gasteiger partial charge is 0.208 e. The molecule has 1 heterocycles. The van der Waals surface area contributed by atoms with E-state index in [1.165, 1.54) is 6.33 Å². The van der Waals surface area contributed by atoms with E-state index in [0.29, 0.717) is 31.1 Å². The molecule has 0 saturated carbocycles. The van der Waals surface area contributed by atoms with Crippen molar-refractivity contribution in [1.82, 2.24) is 14.7 Å². The van der Waals surface area contributed by atoms with Crippen LogP contribution in [-0.4, -0.2) is 37.7 Å². The lowest BCUT2D eigenvalue weighted by molar-refractivity contribution is 0.586. The van der Waals surface area contributed by atoms with Gasteiger partial charge in [-0.25, -0.2) is 29.0 Å². The van der Waals surface area contributed by atoms with Crippen LogP contribution in [0.1, 0.15) is 12.0 Å². The van der Waals surface area contributed by atoms with E-state index in [2.05, 4.69) is 25.4 Å². The Balaban J connectivity index is 2.40. The fraction of sp³-hybridized carbons (Fsp3) is 0.556. The molecule has 0 amide bonds. The minimum atomic E-state index is -3.12. The van der Waals surface area contributed by atoms with E-state index >= 15 is 0 Å². The first kappa shape index (κ1) is 14.6. The molecule has 0 bridgehead atoms. The van der Waals surface area contributed by atoms with E-state index in [-0.39, 0.29) is 0 Å². The van der Waals surface area contributed by atoms with Gasteiger partial charge in [0.05, 0.1) is 6.26 Å². The molecule has 0 aromatic carbocycles. The van der Waals surface area contributed by atoms with Crippen molar-refractivity contribution in [3.8, 4) is 0 Å². The first-order chi connectivity index (χ1) is 8.44. The molecule has 1 rings (SSSR count). The van der Waals surface area contributed by atoms with Crippen LogP contribution in [0, 0.1) is 6.92 Å². The highest BCUT2D eigenvalue weighted by Crippen LogP contribution is 2.16. The predicted octanol–water partition coefficient (Wildman–Crippen LogP) is -0.578. The summed E-state index contributed by atoms with van der Waals surface area (Å²) >= 11 is 0. The molecular weight excluding hydrogens is 256 g/mol. The maximum atomic E-state index is 10.8. The van der Waals surface area contributed by atoms with E-state index in [9.17, 15) is 8.42 Å². The lowest BCUT2D eigenvalue weighted by atomic mass is 10.3. The van der Waals surface area contributed by atoms with Crippen LogP contribution < -0.4 is 21.3 Å². The zero-order chi connectivity index (χ0) is 13.6. The molecular formula is C9H18N6O2S. The fourth-order valence-corrected chi connectivity index (χ4v) is 1.84. The molecule has 0 atom stereocenters. The molecule has 102 valence electrons. The first-order valence-electron chi connectivity index (χ1n) is 5.41. The van der Waals surface area contributed by atoms with E-state index in [0.717, 1.165) is 11.8 Å². The average molecular weight is 274 g/mol. The monoisotopic (exact) mass is 274 g/mol. The van der Waals surface area contributed by atoms with Crippen molar-refractivity contribution in [2.24, 2.45) is 5.84 Å². The summed E-state index contributed by atoms with van der Waals surface area (Å²) < 4.78 is 24.1. The van der Waals surface area contributed by atoms with Crippen molar-refractivity contribution >= 4 is 21.7 Å². The molecule has 0 fully saturated rings. The van der Waals surface area contributed by atoms with Crippen molar-refractivity contribution in [2.45, 2.75) is 13.3 Å². The summed E-state index contributed by atoms with van der Waals surface area (Å²) in [6.45, 7) is 2.83. The number of hydrazine groups is 1. The molecule has 0 radical (unpaired) electrons. The van der Waals surface area contributed by atoms with E-state index in [4.69, 9.17) is 5.84 Å². The van der Waals surface area contributed by atoms with Crippen LogP contribution in [0.4, 0.5) is 11.6 Å². The van der Waals surface area contributed by atoms with Gasteiger partial charge in [-0.05, 0) is 13.3 Å². The highest BCUT2D eigenvalue weighted by Gasteiger charge is 2.05. The second-order valence-electron chi connectivity index (χ2n) is 3.79. The average Bonchev–Trinajstić information content (AvgIpc) is 2.29. The molecule has 0 aliphatic heterocycles. The maximum Gasteiger partial charge on any atom is 0.208 e. The lowest BCUT2D eigenvalue weighted by Crippen LogP contribution is -2.24. The van der Waals surface area contributed by atoms with Gasteiger partial charge in [-0.15, -0.1) is 0 Å². The third-order valence-corrected chi connectivity index (χ3v) is 2.96. The van der Waals surface area contributed by atoms with Gasteiger partial charge in [0.1, 0.15) is 18.0 Å². The van der Waals surface area contributed by atoms with Crippen LogP contribution in [0.15, 0.2) is 6.33 Å². The summed E-state index contributed by atoms with van der Waals surface area (Å²) in [5.74, 6) is 6.53. The molecule has 0 aliphatic rings. The molecule has 0 spiro atoms. The van der Waals surface area contributed by atoms with E-state index in [1.54, 1.807) is 0 Å². The third kappa shape index (κ3) is 4.82. The Kier molecular flexibility index (Phi) is 5.25. The molecule has 9 heteroatoms. The Morgan fingerprint density at radius 2 is 1.94 bits per heavy atom. The van der Waals surface area contributed by atoms with Gasteiger partial charge in [0.2, 0.25) is 10.0 Å². The molecule has 0 saturated heterocycles. The Morgan fingerprint density at radius 3 is 2.56 bits per heavy atom. The number of nitrogens with two attached hydrogens (primary N) is 1. The van der Waals surface area contributed by atoms with Crippen molar-refractivity contribution in [3.63, 3.8) is 0 Å². The third-order valence-electron chi connectivity index (χ3n) is 2.23. The van der Waals surface area contributed by atoms with Gasteiger partial charge in [-0.1, -0.05) is 0 Å². The van der Waals surface area contributed by atoms with Crippen LogP contribution in [0.2, 0.25) is 0 Å². The topological polar surface area (TPSA) is 122 Å². The maximum absolute atomic E-state index is 10.8. The van der Waals surface area contributed by atoms with Gasteiger partial charge in [0.25, 0.3) is 0 Å². The van der Waals surface area contributed by atoms with Crippen LogP contribution in [0.5, 0.6) is 0 Å². The zero-order valence-corrected chi connectivity index (χ0v) is 11.2. The van der Waals surface area contributed by atoms with Gasteiger partial charge >= 0.3 is 0 Å². The standard InChI is InChI=1S/C9H18N6O2S/c1-7-8(12-6-13-9(7)15-10)11-4-3-5-14-18(2,16)17/h6,14H,3-5,10H2,1-2H3,(H2,11,12,13,15). The predicted molar refractivity (Wildman–Crippen MR) is 70.5 cm³/mol. The molecule has 18 heavy (non-hydrogen) atoms. The summed E-state index contributed by atoms with van der Waals surface area (Å²) in [6, 6.07) is 0. The number of hydrogen-bond acceptors (Lipinski definition) is 7. The zero-order valence-electron chi connectivity index (χ0n) is 10.4. The van der Waals surface area contributed by atoms with Crippen LogP contribution in [0.3, 0.4) is 0 Å². The van der Waals surface area contributed by atoms with Gasteiger partial charge in [0.15, 0.2) is 0 Å². The number of anilines is 2. The Morgan fingerprint density at radius 1 is 1.28 bits per heavy atom. The normalized spacial score (nSPS) is 11.3. The number of hydrogen-bond donors (Lipinski definition) is 4. The van der Waals surface area contributed by atoms with Crippen molar-refractivity contribution in [1.29, 1.82) is 0 Å². The van der Waals surface area contributed by atoms with Gasteiger partial charge in [-0.2, -0.15) is 0 Å². The van der Waals surface area contributed by atoms with Crippen molar-refractivity contribution in [2.75, 3.05) is 30.1 Å². The fourth-order valence-electron chi connectivity index (χ4n) is 1.33. The number of nitrogen functional groups attached to an aromatic ring is 1. The highest BCUT2D eigenvalue weighted by molar-refractivity contribution is 7.88. The molecule has 1 aromatic heterocycles. The molecule has 1 aromatic rings.